The minimum atomic E-state index is -4.54. The summed E-state index contributed by atoms with van der Waals surface area (Å²) in [5.41, 5.74) is 3.27. The Morgan fingerprint density at radius 1 is 0.926 bits per heavy atom. The fourth-order valence-corrected chi connectivity index (χ4v) is 3.33. The lowest BCUT2D eigenvalue weighted by atomic mass is 10.0. The maximum absolute atomic E-state index is 10.9. The first-order valence-corrected chi connectivity index (χ1v) is 11.2. The molecule has 2 rings (SSSR count). The van der Waals surface area contributed by atoms with Crippen LogP contribution in [0, 0.1) is 0 Å². The standard InChI is InChI=1S/C21H30NO4P/c1-2-3-4-5-6-7-9-18-12-14-19(15-13-18)17-22-20-10-8-11-21(16-20)26-27(23,24)25/h8,10-16,22H,2-7,9,17H2,1H3,(H2,23,24,25). The summed E-state index contributed by atoms with van der Waals surface area (Å²) < 4.78 is 15.5. The van der Waals surface area contributed by atoms with Gasteiger partial charge in [0.1, 0.15) is 5.75 Å². The lowest BCUT2D eigenvalue weighted by Gasteiger charge is -2.10. The van der Waals surface area contributed by atoms with E-state index in [9.17, 15) is 4.57 Å². The van der Waals surface area contributed by atoms with Crippen LogP contribution in [0.1, 0.15) is 56.6 Å². The highest BCUT2D eigenvalue weighted by atomic mass is 31.2. The van der Waals surface area contributed by atoms with Gasteiger partial charge in [-0.15, -0.1) is 0 Å². The molecule has 5 nitrogen and oxygen atoms in total. The number of anilines is 1. The maximum atomic E-state index is 10.9. The summed E-state index contributed by atoms with van der Waals surface area (Å²) in [6, 6.07) is 15.2. The fraction of sp³-hybridized carbons (Fsp3) is 0.429. The van der Waals surface area contributed by atoms with Gasteiger partial charge in [-0.05, 0) is 36.1 Å². The third-order valence-electron chi connectivity index (χ3n) is 4.40. The van der Waals surface area contributed by atoms with Crippen LogP contribution in [0.2, 0.25) is 0 Å². The van der Waals surface area contributed by atoms with Crippen LogP contribution in [0.25, 0.3) is 0 Å². The molecule has 0 atom stereocenters. The molecular formula is C21H30NO4P. The molecule has 0 aliphatic heterocycles. The molecule has 2 aromatic carbocycles. The monoisotopic (exact) mass is 391 g/mol. The van der Waals surface area contributed by atoms with Gasteiger partial charge >= 0.3 is 7.82 Å². The number of phosphoric acid groups is 1. The molecule has 0 bridgehead atoms. The number of nitrogens with one attached hydrogen (secondary N) is 1. The molecule has 148 valence electrons. The zero-order valence-electron chi connectivity index (χ0n) is 15.9. The van der Waals surface area contributed by atoms with E-state index in [0.717, 1.165) is 17.7 Å². The van der Waals surface area contributed by atoms with E-state index in [1.165, 1.54) is 50.2 Å². The van der Waals surface area contributed by atoms with E-state index in [1.807, 2.05) is 6.07 Å². The van der Waals surface area contributed by atoms with Gasteiger partial charge in [0.25, 0.3) is 0 Å². The molecule has 3 N–H and O–H groups in total. The number of hydrogen-bond donors (Lipinski definition) is 3. The van der Waals surface area contributed by atoms with E-state index in [-0.39, 0.29) is 5.75 Å². The van der Waals surface area contributed by atoms with E-state index < -0.39 is 7.82 Å². The predicted molar refractivity (Wildman–Crippen MR) is 110 cm³/mol. The minimum Gasteiger partial charge on any atom is -0.404 e. The molecule has 0 radical (unpaired) electrons. The Bertz CT molecular complexity index is 727. The molecular weight excluding hydrogens is 361 g/mol. The van der Waals surface area contributed by atoms with Crippen molar-refractivity contribution in [1.82, 2.24) is 0 Å². The van der Waals surface area contributed by atoms with Crippen LogP contribution in [0.4, 0.5) is 5.69 Å². The maximum Gasteiger partial charge on any atom is 0.524 e. The molecule has 0 spiro atoms. The van der Waals surface area contributed by atoms with Gasteiger partial charge in [-0.1, -0.05) is 69.4 Å². The zero-order valence-corrected chi connectivity index (χ0v) is 16.8. The van der Waals surface area contributed by atoms with E-state index in [4.69, 9.17) is 9.79 Å². The van der Waals surface area contributed by atoms with Crippen LogP contribution >= 0.6 is 7.82 Å². The van der Waals surface area contributed by atoms with Gasteiger partial charge in [0.2, 0.25) is 0 Å². The summed E-state index contributed by atoms with van der Waals surface area (Å²) in [7, 11) is -4.54. The van der Waals surface area contributed by atoms with Crippen molar-refractivity contribution in [2.45, 2.75) is 58.4 Å². The molecule has 0 aromatic heterocycles. The van der Waals surface area contributed by atoms with E-state index in [2.05, 4.69) is 41.0 Å². The number of rotatable bonds is 12. The Hall–Kier alpha value is -1.81. The fourth-order valence-electron chi connectivity index (χ4n) is 2.94. The van der Waals surface area contributed by atoms with Crippen molar-refractivity contribution in [1.29, 1.82) is 0 Å². The van der Waals surface area contributed by atoms with Gasteiger partial charge in [0.05, 0.1) is 0 Å². The summed E-state index contributed by atoms with van der Waals surface area (Å²) in [5.74, 6) is 0.141. The molecule has 0 heterocycles. The molecule has 0 saturated carbocycles. The Balaban J connectivity index is 1.76. The second-order valence-corrected chi connectivity index (χ2v) is 7.96. The molecule has 0 saturated heterocycles. The second-order valence-electron chi connectivity index (χ2n) is 6.80. The van der Waals surface area contributed by atoms with Crippen molar-refractivity contribution >= 4 is 13.5 Å². The smallest absolute Gasteiger partial charge is 0.404 e. The third kappa shape index (κ3) is 9.09. The minimum absolute atomic E-state index is 0.141. The molecule has 0 aliphatic rings. The lowest BCUT2D eigenvalue weighted by Crippen LogP contribution is -2.00. The van der Waals surface area contributed by atoms with Gasteiger partial charge in [0.15, 0.2) is 0 Å². The Morgan fingerprint density at radius 3 is 2.30 bits per heavy atom. The zero-order chi connectivity index (χ0) is 19.5. The topological polar surface area (TPSA) is 78.8 Å². The highest BCUT2D eigenvalue weighted by Gasteiger charge is 2.15. The number of unbranched alkanes of at least 4 members (excludes halogenated alkanes) is 5. The van der Waals surface area contributed by atoms with Crippen molar-refractivity contribution in [2.24, 2.45) is 0 Å². The highest BCUT2D eigenvalue weighted by molar-refractivity contribution is 7.46. The summed E-state index contributed by atoms with van der Waals surface area (Å²) in [6.07, 6.45) is 8.99. The lowest BCUT2D eigenvalue weighted by molar-refractivity contribution is 0.283. The van der Waals surface area contributed by atoms with Crippen molar-refractivity contribution < 1.29 is 18.9 Å². The van der Waals surface area contributed by atoms with Crippen LogP contribution in [-0.4, -0.2) is 9.79 Å². The quantitative estimate of drug-likeness (QED) is 0.321. The van der Waals surface area contributed by atoms with E-state index in [1.54, 1.807) is 12.1 Å². The summed E-state index contributed by atoms with van der Waals surface area (Å²) >= 11 is 0. The normalized spacial score (nSPS) is 11.4. The van der Waals surface area contributed by atoms with Gasteiger partial charge in [-0.3, -0.25) is 9.79 Å². The Kier molecular flexibility index (Phi) is 8.86. The molecule has 0 unspecified atom stereocenters. The number of hydrogen-bond acceptors (Lipinski definition) is 3. The van der Waals surface area contributed by atoms with E-state index in [0.29, 0.717) is 6.54 Å². The first kappa shape index (κ1) is 21.5. The predicted octanol–water partition coefficient (Wildman–Crippen LogP) is 5.67. The second kappa shape index (κ2) is 11.1. The van der Waals surface area contributed by atoms with Gasteiger partial charge < -0.3 is 9.84 Å². The van der Waals surface area contributed by atoms with Gasteiger partial charge in [-0.25, -0.2) is 4.57 Å². The van der Waals surface area contributed by atoms with E-state index >= 15 is 0 Å². The van der Waals surface area contributed by atoms with Crippen molar-refractivity contribution in [2.75, 3.05) is 5.32 Å². The van der Waals surface area contributed by atoms with Crippen LogP contribution < -0.4 is 9.84 Å². The molecule has 0 amide bonds. The third-order valence-corrected chi connectivity index (χ3v) is 4.85. The number of benzene rings is 2. The number of aryl methyl sites for hydroxylation is 1. The molecule has 0 fully saturated rings. The van der Waals surface area contributed by atoms with Gasteiger partial charge in [-0.2, -0.15) is 0 Å². The summed E-state index contributed by atoms with van der Waals surface area (Å²) in [6.45, 7) is 2.87. The largest absolute Gasteiger partial charge is 0.524 e. The SMILES string of the molecule is CCCCCCCCc1ccc(CNc2cccc(OP(=O)(O)O)c2)cc1. The molecule has 27 heavy (non-hydrogen) atoms. The van der Waals surface area contributed by atoms with Crippen LogP contribution in [-0.2, 0) is 17.5 Å². The van der Waals surface area contributed by atoms with Crippen molar-refractivity contribution in [3.05, 3.63) is 59.7 Å². The highest BCUT2D eigenvalue weighted by Crippen LogP contribution is 2.38. The van der Waals surface area contributed by atoms with Crippen LogP contribution in [0.15, 0.2) is 48.5 Å². The van der Waals surface area contributed by atoms with Gasteiger partial charge in [0, 0.05) is 18.3 Å². The summed E-state index contributed by atoms with van der Waals surface area (Å²) in [5, 5.41) is 3.25. The van der Waals surface area contributed by atoms with Crippen molar-refractivity contribution in [3.63, 3.8) is 0 Å². The number of phosphoric ester groups is 1. The Labute approximate surface area is 162 Å². The summed E-state index contributed by atoms with van der Waals surface area (Å²) in [4.78, 5) is 17.8. The first-order valence-electron chi connectivity index (χ1n) is 9.63. The average Bonchev–Trinajstić information content (AvgIpc) is 2.63. The first-order chi connectivity index (χ1) is 13.0. The molecule has 0 aliphatic carbocycles. The van der Waals surface area contributed by atoms with Crippen LogP contribution in [0.5, 0.6) is 5.75 Å². The van der Waals surface area contributed by atoms with Crippen molar-refractivity contribution in [3.8, 4) is 5.75 Å². The molecule has 2 aromatic rings. The Morgan fingerprint density at radius 2 is 1.59 bits per heavy atom. The van der Waals surface area contributed by atoms with Crippen LogP contribution in [0.3, 0.4) is 0 Å². The molecule has 6 heteroatoms. The average molecular weight is 391 g/mol.